The molecule has 0 aliphatic heterocycles. The van der Waals surface area contributed by atoms with Crippen molar-refractivity contribution in [3.05, 3.63) is 70.2 Å². The van der Waals surface area contributed by atoms with Crippen LogP contribution in [0.25, 0.3) is 11.1 Å². The van der Waals surface area contributed by atoms with Gasteiger partial charge in [0.15, 0.2) is 0 Å². The molecule has 32 heavy (non-hydrogen) atoms. The van der Waals surface area contributed by atoms with Crippen molar-refractivity contribution in [1.29, 1.82) is 0 Å². The number of nitrogens with zero attached hydrogens (tertiary/aromatic N) is 1. The van der Waals surface area contributed by atoms with Gasteiger partial charge in [0.2, 0.25) is 0 Å². The van der Waals surface area contributed by atoms with Gasteiger partial charge in [0.05, 0.1) is 5.01 Å². The van der Waals surface area contributed by atoms with Gasteiger partial charge >= 0.3 is 0 Å². The van der Waals surface area contributed by atoms with E-state index in [0.717, 1.165) is 27.7 Å². The van der Waals surface area contributed by atoms with Crippen molar-refractivity contribution in [2.75, 3.05) is 17.3 Å². The van der Waals surface area contributed by atoms with E-state index in [4.69, 9.17) is 4.98 Å². The Morgan fingerprint density at radius 2 is 1.91 bits per heavy atom. The van der Waals surface area contributed by atoms with E-state index in [0.29, 0.717) is 11.6 Å². The minimum absolute atomic E-state index is 0.126. The zero-order chi connectivity index (χ0) is 22.3. The van der Waals surface area contributed by atoms with E-state index in [1.54, 1.807) is 11.3 Å². The van der Waals surface area contributed by atoms with Gasteiger partial charge < -0.3 is 5.32 Å². The molecule has 5 heteroatoms. The van der Waals surface area contributed by atoms with Crippen molar-refractivity contribution < 1.29 is 4.79 Å². The quantitative estimate of drug-likeness (QED) is 0.346. The lowest BCUT2D eigenvalue weighted by molar-refractivity contribution is 0.102. The number of carbonyl (C=O) groups is 1. The summed E-state index contributed by atoms with van der Waals surface area (Å²) in [4.78, 5) is 17.8. The number of thioether (sulfide) groups is 1. The van der Waals surface area contributed by atoms with E-state index in [-0.39, 0.29) is 5.91 Å². The van der Waals surface area contributed by atoms with E-state index in [1.165, 1.54) is 49.8 Å². The highest BCUT2D eigenvalue weighted by Gasteiger charge is 2.25. The summed E-state index contributed by atoms with van der Waals surface area (Å²) in [7, 11) is 0. The normalized spacial score (nSPS) is 18.4. The van der Waals surface area contributed by atoms with Crippen LogP contribution in [0, 0.1) is 12.8 Å². The molecule has 0 bridgehead atoms. The zero-order valence-electron chi connectivity index (χ0n) is 19.0. The Morgan fingerprint density at radius 1 is 1.12 bits per heavy atom. The Hall–Kier alpha value is -2.11. The monoisotopic (exact) mass is 464 g/mol. The summed E-state index contributed by atoms with van der Waals surface area (Å²) < 4.78 is 0. The molecular formula is C27H32N2OS2. The predicted molar refractivity (Wildman–Crippen MR) is 139 cm³/mol. The first-order valence-electron chi connectivity index (χ1n) is 11.6. The van der Waals surface area contributed by atoms with E-state index >= 15 is 0 Å². The molecule has 1 heterocycles. The predicted octanol–water partition coefficient (Wildman–Crippen LogP) is 7.79. The van der Waals surface area contributed by atoms with Crippen LogP contribution in [0.1, 0.15) is 65.5 Å². The number of thiazole rings is 1. The van der Waals surface area contributed by atoms with Crippen LogP contribution in [0.3, 0.4) is 0 Å². The summed E-state index contributed by atoms with van der Waals surface area (Å²) in [6, 6.07) is 16.3. The fraction of sp³-hybridized carbons (Fsp3) is 0.407. The number of aromatic nitrogens is 1. The third kappa shape index (κ3) is 5.81. The van der Waals surface area contributed by atoms with Crippen LogP contribution in [0.2, 0.25) is 0 Å². The van der Waals surface area contributed by atoms with E-state index in [1.807, 2.05) is 47.5 Å². The van der Waals surface area contributed by atoms with E-state index in [9.17, 15) is 4.79 Å². The zero-order valence-corrected chi connectivity index (χ0v) is 20.6. The van der Waals surface area contributed by atoms with Crippen molar-refractivity contribution in [3.8, 4) is 11.1 Å². The van der Waals surface area contributed by atoms with Crippen LogP contribution in [-0.4, -0.2) is 22.9 Å². The summed E-state index contributed by atoms with van der Waals surface area (Å²) in [6.45, 7) is 2.07. The topological polar surface area (TPSA) is 42.0 Å². The molecule has 1 fully saturated rings. The Labute approximate surface area is 200 Å². The van der Waals surface area contributed by atoms with Gasteiger partial charge in [0, 0.05) is 22.5 Å². The number of anilines is 1. The summed E-state index contributed by atoms with van der Waals surface area (Å²) in [5.74, 6) is 2.54. The minimum Gasteiger partial charge on any atom is -0.320 e. The molecule has 4 rings (SSSR count). The highest BCUT2D eigenvalue weighted by molar-refractivity contribution is 7.98. The Bertz CT molecular complexity index is 1020. The van der Waals surface area contributed by atoms with E-state index in [2.05, 4.69) is 36.7 Å². The van der Waals surface area contributed by atoms with Gasteiger partial charge in [-0.15, -0.1) is 11.3 Å². The number of hydrogen-bond donors (Lipinski definition) is 1. The number of benzene rings is 2. The molecule has 0 spiro atoms. The third-order valence-corrected chi connectivity index (χ3v) is 8.12. The highest BCUT2D eigenvalue weighted by atomic mass is 32.2. The average molecular weight is 465 g/mol. The number of carbonyl (C=O) groups excluding carboxylic acids is 1. The number of aryl methyl sites for hydroxylation is 1. The highest BCUT2D eigenvalue weighted by Crippen LogP contribution is 2.39. The fourth-order valence-corrected chi connectivity index (χ4v) is 6.03. The largest absolute Gasteiger partial charge is 0.320 e. The number of nitrogens with one attached hydrogen (secondary N) is 1. The molecule has 0 saturated heterocycles. The molecule has 0 radical (unpaired) electrons. The molecule has 0 unspecified atom stereocenters. The molecule has 1 aromatic heterocycles. The molecule has 1 saturated carbocycles. The second kappa shape index (κ2) is 11.2. The maximum absolute atomic E-state index is 13.0. The van der Waals surface area contributed by atoms with Crippen LogP contribution >= 0.6 is 23.1 Å². The second-order valence-corrected chi connectivity index (χ2v) is 10.7. The van der Waals surface area contributed by atoms with Gasteiger partial charge in [-0.25, -0.2) is 4.98 Å². The maximum Gasteiger partial charge on any atom is 0.275 e. The summed E-state index contributed by atoms with van der Waals surface area (Å²) in [5, 5.41) is 6.16. The fourth-order valence-electron chi connectivity index (χ4n) is 4.60. The van der Waals surface area contributed by atoms with Gasteiger partial charge in [-0.3, -0.25) is 4.79 Å². The molecule has 1 aliphatic rings. The van der Waals surface area contributed by atoms with Gasteiger partial charge in [0.1, 0.15) is 5.69 Å². The molecule has 0 atom stereocenters. The minimum atomic E-state index is -0.126. The van der Waals surface area contributed by atoms with Gasteiger partial charge in [-0.1, -0.05) is 42.0 Å². The number of amides is 1. The van der Waals surface area contributed by atoms with Crippen molar-refractivity contribution in [1.82, 2.24) is 4.98 Å². The van der Waals surface area contributed by atoms with Gasteiger partial charge in [-0.2, -0.15) is 11.8 Å². The molecular weight excluding hydrogens is 432 g/mol. The summed E-state index contributed by atoms with van der Waals surface area (Å²) in [6.07, 6.45) is 9.88. The van der Waals surface area contributed by atoms with Crippen molar-refractivity contribution in [2.24, 2.45) is 5.92 Å². The van der Waals surface area contributed by atoms with Crippen molar-refractivity contribution in [3.63, 3.8) is 0 Å². The molecule has 1 N–H and O–H groups in total. The molecule has 1 amide bonds. The number of rotatable bonds is 8. The molecule has 3 aromatic rings. The van der Waals surface area contributed by atoms with Crippen molar-refractivity contribution >= 4 is 34.7 Å². The summed E-state index contributed by atoms with van der Waals surface area (Å²) >= 11 is 3.59. The van der Waals surface area contributed by atoms with Crippen LogP contribution in [0.15, 0.2) is 53.9 Å². The average Bonchev–Trinajstić information content (AvgIpc) is 3.32. The van der Waals surface area contributed by atoms with Crippen LogP contribution in [0.4, 0.5) is 5.69 Å². The van der Waals surface area contributed by atoms with Crippen LogP contribution in [-0.2, 0) is 0 Å². The number of hydrogen-bond acceptors (Lipinski definition) is 4. The van der Waals surface area contributed by atoms with E-state index < -0.39 is 0 Å². The summed E-state index contributed by atoms with van der Waals surface area (Å²) in [5.41, 5.74) is 4.66. The van der Waals surface area contributed by atoms with Crippen LogP contribution < -0.4 is 5.32 Å². The lowest BCUT2D eigenvalue weighted by Gasteiger charge is -2.27. The molecule has 3 nitrogen and oxygen atoms in total. The Kier molecular flexibility index (Phi) is 8.04. The smallest absolute Gasteiger partial charge is 0.275 e. The lowest BCUT2D eigenvalue weighted by atomic mass is 9.80. The van der Waals surface area contributed by atoms with Gasteiger partial charge in [-0.05, 0) is 81.1 Å². The maximum atomic E-state index is 13.0. The molecule has 1 aliphatic carbocycles. The van der Waals surface area contributed by atoms with Crippen LogP contribution in [0.5, 0.6) is 0 Å². The Morgan fingerprint density at radius 3 is 2.66 bits per heavy atom. The first-order valence-corrected chi connectivity index (χ1v) is 13.8. The first-order chi connectivity index (χ1) is 15.6. The molecule has 2 aromatic carbocycles. The molecule has 168 valence electrons. The lowest BCUT2D eigenvalue weighted by Crippen LogP contribution is -2.15. The van der Waals surface area contributed by atoms with Gasteiger partial charge in [0.25, 0.3) is 5.91 Å². The van der Waals surface area contributed by atoms with Crippen molar-refractivity contribution in [2.45, 2.75) is 51.4 Å². The standard InChI is InChI=1S/C27H32N2OS2/c1-19-10-15-24(23(17-19)21-8-4-3-5-9-21)28-26(30)25-18-32-27(29-25)22-13-11-20(12-14-22)7-6-16-31-2/h3-5,8-10,15,17-18,20,22H,6-7,11-14,16H2,1-2H3,(H,28,30). The first kappa shape index (κ1) is 23.1. The SMILES string of the molecule is CSCCCC1CCC(c2nc(C(=O)Nc3ccc(C)cc3-c3ccccc3)cs2)CC1. The third-order valence-electron chi connectivity index (χ3n) is 6.42. The second-order valence-electron chi connectivity index (χ2n) is 8.79. The Balaban J connectivity index is 1.40.